The van der Waals surface area contributed by atoms with Gasteiger partial charge in [-0.1, -0.05) is 41.5 Å². The molecule has 4 N–H and O–H groups in total. The minimum atomic E-state index is -4.12. The molecule has 19 atom stereocenters. The van der Waals surface area contributed by atoms with Gasteiger partial charge in [0.05, 0.1) is 24.0 Å². The molecule has 418 valence electrons. The first-order valence-corrected chi connectivity index (χ1v) is 32.7. The number of carbonyl (C=O) groups is 4. The summed E-state index contributed by atoms with van der Waals surface area (Å²) in [7, 11) is -8.18. The van der Waals surface area contributed by atoms with Crippen molar-refractivity contribution in [3.05, 3.63) is 0 Å². The molecule has 0 saturated heterocycles. The molecule has 8 saturated carbocycles. The fourth-order valence-electron chi connectivity index (χ4n) is 20.4. The molecule has 1 spiro atoms. The Morgan fingerprint density at radius 2 is 1.09 bits per heavy atom. The van der Waals surface area contributed by atoms with Gasteiger partial charge in [-0.25, -0.2) is 0 Å². The Morgan fingerprint density at radius 1 is 0.595 bits per heavy atom. The molecule has 1 aliphatic heterocycles. The summed E-state index contributed by atoms with van der Waals surface area (Å²) >= 11 is 0. The average molecular weight is 1070 g/mol. The van der Waals surface area contributed by atoms with Crippen LogP contribution < -0.4 is 5.32 Å². The molecule has 14 nitrogen and oxygen atoms in total. The van der Waals surface area contributed by atoms with Crippen LogP contribution in [-0.2, 0) is 39.4 Å². The van der Waals surface area contributed by atoms with E-state index in [2.05, 4.69) is 46.9 Å². The topological polar surface area (TPSA) is 234 Å². The molecular weight excluding hydrogens is 979 g/mol. The first-order valence-electron chi connectivity index (χ1n) is 29.5. The molecule has 16 heteroatoms. The second-order valence-corrected chi connectivity index (χ2v) is 31.2. The molecule has 0 bridgehead atoms. The molecule has 1 amide bonds. The minimum absolute atomic E-state index is 0.0319. The largest absolute Gasteiger partial charge is 0.393 e. The third-order valence-corrected chi connectivity index (χ3v) is 25.7. The highest BCUT2D eigenvalue weighted by atomic mass is 32.2. The van der Waals surface area contributed by atoms with Gasteiger partial charge in [0, 0.05) is 51.0 Å². The molecule has 2 unspecified atom stereocenters. The lowest BCUT2D eigenvalue weighted by Crippen LogP contribution is -2.59. The van der Waals surface area contributed by atoms with Gasteiger partial charge in [0.1, 0.15) is 17.3 Å². The fourth-order valence-corrected chi connectivity index (χ4v) is 21.3. The van der Waals surface area contributed by atoms with Gasteiger partial charge in [-0.05, 0) is 214 Å². The smallest absolute Gasteiger partial charge is 0.266 e. The van der Waals surface area contributed by atoms with Gasteiger partial charge >= 0.3 is 0 Å². The first-order chi connectivity index (χ1) is 34.7. The van der Waals surface area contributed by atoms with E-state index in [0.29, 0.717) is 90.8 Å². The Morgan fingerprint density at radius 3 is 1.69 bits per heavy atom. The predicted octanol–water partition coefficient (Wildman–Crippen LogP) is 10.7. The second kappa shape index (κ2) is 21.2. The molecule has 0 radical (unpaired) electrons. The third-order valence-electron chi connectivity index (χ3n) is 24.2. The lowest BCUT2D eigenvalue weighted by Gasteiger charge is -2.62. The third kappa shape index (κ3) is 11.2. The average Bonchev–Trinajstić information content (AvgIpc) is 3.85. The second-order valence-electron chi connectivity index (χ2n) is 28.0. The Labute approximate surface area is 443 Å². The van der Waals surface area contributed by atoms with E-state index in [-0.39, 0.29) is 106 Å². The van der Waals surface area contributed by atoms with E-state index in [4.69, 9.17) is 19.3 Å². The molecule has 1 heterocycles. The number of rotatable bonds is 21. The van der Waals surface area contributed by atoms with E-state index in [9.17, 15) is 41.1 Å². The minimum Gasteiger partial charge on any atom is -0.393 e. The number of carbonyl (C=O) groups excluding carboxylic acids is 4. The van der Waals surface area contributed by atoms with E-state index >= 15 is 0 Å². The van der Waals surface area contributed by atoms with Gasteiger partial charge in [0.2, 0.25) is 5.91 Å². The molecule has 74 heavy (non-hydrogen) atoms. The van der Waals surface area contributed by atoms with Crippen LogP contribution in [0.4, 0.5) is 0 Å². The lowest BCUT2D eigenvalue weighted by atomic mass is 9.42. The maximum Gasteiger partial charge on any atom is 0.266 e. The van der Waals surface area contributed by atoms with E-state index < -0.39 is 26.0 Å². The number of amides is 1. The van der Waals surface area contributed by atoms with Crippen LogP contribution in [-0.4, -0.2) is 84.1 Å². The summed E-state index contributed by atoms with van der Waals surface area (Å²) in [6.45, 7) is 14.4. The van der Waals surface area contributed by atoms with Crippen LogP contribution in [0.25, 0.3) is 0 Å². The Balaban J connectivity index is 0.730. The number of hydrogen-bond acceptors (Lipinski definition) is 11. The van der Waals surface area contributed by atoms with Crippen molar-refractivity contribution < 1.29 is 50.2 Å². The first kappa shape index (κ1) is 56.6. The zero-order chi connectivity index (χ0) is 53.4. The molecule has 8 fully saturated rings. The van der Waals surface area contributed by atoms with Gasteiger partial charge in [-0.15, -0.1) is 0 Å². The molecule has 9 rings (SSSR count). The zero-order valence-electron chi connectivity index (χ0n) is 45.8. The van der Waals surface area contributed by atoms with Gasteiger partial charge in [0.25, 0.3) is 20.2 Å². The van der Waals surface area contributed by atoms with Crippen LogP contribution in [0.2, 0.25) is 0 Å². The summed E-state index contributed by atoms with van der Waals surface area (Å²) in [5.74, 6) is 4.85. The number of nitrogens with zero attached hydrogens (tertiary/aromatic N) is 2. The van der Waals surface area contributed by atoms with Crippen LogP contribution >= 0.6 is 0 Å². The number of ketones is 3. The SMILES string of the molecule is C[C@@H](CCC(=O)NCCS(=O)(=O)O)[C@H]1CC[C@@H]2[C@H]3[C@H](O)CC4C[C@@H](CC(=O)CC(=O)C[C@@H]5CC[C@@]6(C)C(C5)CC5(N=N5)[C@H]5[C@@H]7CC[C@H]([C@@H](C)CCC(=O)CCCS(=O)(=O)O)[C@@]7(C)CC[C@@H]56)CC[C@@]4(C)[C@@H]3CC[C@]21C. The van der Waals surface area contributed by atoms with E-state index in [1.807, 2.05) is 0 Å². The van der Waals surface area contributed by atoms with Crippen molar-refractivity contribution in [1.29, 1.82) is 0 Å². The van der Waals surface area contributed by atoms with Crippen LogP contribution in [0.5, 0.6) is 0 Å². The van der Waals surface area contributed by atoms with Crippen LogP contribution in [0.1, 0.15) is 202 Å². The van der Waals surface area contributed by atoms with Crippen molar-refractivity contribution in [3.63, 3.8) is 0 Å². The number of aliphatic hydroxyl groups excluding tert-OH is 1. The summed E-state index contributed by atoms with van der Waals surface area (Å²) in [4.78, 5) is 52.8. The quantitative estimate of drug-likeness (QED) is 0.0623. The van der Waals surface area contributed by atoms with Gasteiger partial charge in [-0.3, -0.25) is 28.3 Å². The number of aliphatic hydroxyl groups is 1. The molecule has 0 aromatic heterocycles. The molecule has 9 aliphatic rings. The Hall–Kier alpha value is -2.14. The molecule has 0 aromatic carbocycles. The van der Waals surface area contributed by atoms with Gasteiger partial charge in [-0.2, -0.15) is 27.1 Å². The summed E-state index contributed by atoms with van der Waals surface area (Å²) in [6, 6.07) is 0. The normalized spacial score (nSPS) is 42.6. The Kier molecular flexibility index (Phi) is 16.2. The van der Waals surface area contributed by atoms with Gasteiger partial charge < -0.3 is 10.4 Å². The summed E-state index contributed by atoms with van der Waals surface area (Å²) in [5, 5.41) is 24.5. The maximum absolute atomic E-state index is 13.8. The van der Waals surface area contributed by atoms with Crippen LogP contribution in [0, 0.1) is 105 Å². The van der Waals surface area contributed by atoms with Crippen LogP contribution in [0.3, 0.4) is 0 Å². The van der Waals surface area contributed by atoms with Crippen LogP contribution in [0.15, 0.2) is 10.2 Å². The molecular formula is C58H93N3O11S2. The Bertz CT molecular complexity index is 2390. The predicted molar refractivity (Wildman–Crippen MR) is 283 cm³/mol. The van der Waals surface area contributed by atoms with Crippen molar-refractivity contribution in [2.75, 3.05) is 18.1 Å². The van der Waals surface area contributed by atoms with Crippen molar-refractivity contribution in [3.8, 4) is 0 Å². The van der Waals surface area contributed by atoms with Crippen molar-refractivity contribution in [1.82, 2.24) is 5.32 Å². The van der Waals surface area contributed by atoms with Crippen molar-refractivity contribution >= 4 is 43.5 Å². The molecule has 8 aliphatic carbocycles. The summed E-state index contributed by atoms with van der Waals surface area (Å²) in [6.07, 6.45) is 20.1. The highest BCUT2D eigenvalue weighted by Crippen LogP contribution is 2.74. The van der Waals surface area contributed by atoms with E-state index in [0.717, 1.165) is 103 Å². The zero-order valence-corrected chi connectivity index (χ0v) is 47.4. The van der Waals surface area contributed by atoms with E-state index in [1.54, 1.807) is 0 Å². The monoisotopic (exact) mass is 1070 g/mol. The highest BCUT2D eigenvalue weighted by molar-refractivity contribution is 7.86. The summed E-state index contributed by atoms with van der Waals surface area (Å²) in [5.41, 5.74) is 0.249. The lowest BCUT2D eigenvalue weighted by molar-refractivity contribution is -0.170. The maximum atomic E-state index is 13.8. The van der Waals surface area contributed by atoms with Crippen molar-refractivity contribution in [2.45, 2.75) is 214 Å². The number of hydrogen-bond donors (Lipinski definition) is 4. The number of fused-ring (bicyclic) bond motifs is 11. The van der Waals surface area contributed by atoms with E-state index in [1.165, 1.54) is 12.8 Å². The fraction of sp³-hybridized carbons (Fsp3) is 0.931. The molecule has 0 aromatic rings. The summed E-state index contributed by atoms with van der Waals surface area (Å²) < 4.78 is 62.5. The highest BCUT2D eigenvalue weighted by Gasteiger charge is 2.70. The number of nitrogens with one attached hydrogen (secondary N) is 1. The van der Waals surface area contributed by atoms with Crippen molar-refractivity contribution in [2.24, 2.45) is 115 Å². The van der Waals surface area contributed by atoms with Gasteiger partial charge in [0.15, 0.2) is 5.66 Å². The standard InChI is InChI=1S/C58H93N3O11S2/c1-35(9-11-41(62)8-7-26-73(67,68)69)45-13-15-48-53-49(20-24-57(45,48)6)55(4)22-18-38(29-40(55)34-58(53)60-61-58)31-43(64)33-42(63)30-37-17-21-54(3)39(28-37)32-50(65)52-46-14-12-44(56(46,5)23-19-47(52)54)36(2)10-16-51(66)59-25-27-74(70,71)72/h35-40,44-50,52-53,65H,7-34H2,1-6H3,(H,59,66)(H,67,68,69)(H,70,71,72)/t35-,36-,37-,38+,39?,40?,44+,45+,46+,47+,48-,49-,50+,52+,53-,54+,55-,56-,57+/m0/s1. The number of Topliss-reactive ketones (excluding diaryl/α,β-unsaturated/α-hetero) is 3.